The molecule has 1 aromatic heterocycles. The fourth-order valence-corrected chi connectivity index (χ4v) is 5.71. The first-order valence-corrected chi connectivity index (χ1v) is 11.3. The third-order valence-corrected chi connectivity index (χ3v) is 7.52. The molecule has 1 saturated heterocycles. The highest BCUT2D eigenvalue weighted by molar-refractivity contribution is 9.11. The summed E-state index contributed by atoms with van der Waals surface area (Å²) in [6.45, 7) is 3.18. The molecule has 1 N–H and O–H groups in total. The summed E-state index contributed by atoms with van der Waals surface area (Å²) < 4.78 is 33.8. The topological polar surface area (TPSA) is 75.7 Å². The highest BCUT2D eigenvalue weighted by atomic mass is 79.9. The SMILES string of the molecule is CCOc1ccc(NC(=O)c2ccc(Br)s2)cc1S(=O)(=O)N1CCCC1. The van der Waals surface area contributed by atoms with Crippen LogP contribution in [-0.2, 0) is 10.0 Å². The van der Waals surface area contributed by atoms with Crippen LogP contribution in [-0.4, -0.2) is 38.3 Å². The molecule has 26 heavy (non-hydrogen) atoms. The summed E-state index contributed by atoms with van der Waals surface area (Å²) >= 11 is 4.64. The van der Waals surface area contributed by atoms with Gasteiger partial charge in [0.25, 0.3) is 5.91 Å². The highest BCUT2D eigenvalue weighted by Gasteiger charge is 2.30. The van der Waals surface area contributed by atoms with Crippen molar-refractivity contribution in [2.24, 2.45) is 0 Å². The predicted molar refractivity (Wildman–Crippen MR) is 106 cm³/mol. The van der Waals surface area contributed by atoms with Gasteiger partial charge in [-0.2, -0.15) is 4.31 Å². The van der Waals surface area contributed by atoms with Gasteiger partial charge in [-0.05, 0) is 66.0 Å². The van der Waals surface area contributed by atoms with Gasteiger partial charge in [0.1, 0.15) is 10.6 Å². The number of nitrogens with zero attached hydrogens (tertiary/aromatic N) is 1. The van der Waals surface area contributed by atoms with Crippen molar-refractivity contribution in [2.75, 3.05) is 25.0 Å². The van der Waals surface area contributed by atoms with Gasteiger partial charge < -0.3 is 10.1 Å². The molecule has 1 fully saturated rings. The Balaban J connectivity index is 1.92. The van der Waals surface area contributed by atoms with E-state index in [1.165, 1.54) is 21.7 Å². The molecule has 3 rings (SSSR count). The highest BCUT2D eigenvalue weighted by Crippen LogP contribution is 2.32. The number of benzene rings is 1. The summed E-state index contributed by atoms with van der Waals surface area (Å²) in [6, 6.07) is 8.21. The van der Waals surface area contributed by atoms with Crippen LogP contribution in [0.2, 0.25) is 0 Å². The third-order valence-electron chi connectivity index (χ3n) is 3.98. The predicted octanol–water partition coefficient (Wildman–Crippen LogP) is 3.95. The lowest BCUT2D eigenvalue weighted by molar-refractivity contribution is 0.103. The van der Waals surface area contributed by atoms with Crippen molar-refractivity contribution in [3.63, 3.8) is 0 Å². The maximum Gasteiger partial charge on any atom is 0.265 e. The van der Waals surface area contributed by atoms with Gasteiger partial charge in [-0.15, -0.1) is 11.3 Å². The van der Waals surface area contributed by atoms with Crippen molar-refractivity contribution >= 4 is 48.9 Å². The van der Waals surface area contributed by atoms with Gasteiger partial charge in [-0.3, -0.25) is 4.79 Å². The number of hydrogen-bond acceptors (Lipinski definition) is 5. The normalized spacial score (nSPS) is 15.2. The molecule has 0 aliphatic carbocycles. The zero-order chi connectivity index (χ0) is 18.7. The van der Waals surface area contributed by atoms with Gasteiger partial charge in [0.2, 0.25) is 10.0 Å². The van der Waals surface area contributed by atoms with Crippen molar-refractivity contribution < 1.29 is 17.9 Å². The zero-order valence-corrected chi connectivity index (χ0v) is 17.4. The number of hydrogen-bond donors (Lipinski definition) is 1. The van der Waals surface area contributed by atoms with Crippen molar-refractivity contribution in [2.45, 2.75) is 24.7 Å². The molecular formula is C17H19BrN2O4S2. The maximum absolute atomic E-state index is 13.0. The Morgan fingerprint density at radius 1 is 1.27 bits per heavy atom. The van der Waals surface area contributed by atoms with Crippen LogP contribution < -0.4 is 10.1 Å². The number of amides is 1. The first kappa shape index (κ1) is 19.3. The monoisotopic (exact) mass is 458 g/mol. The van der Waals surface area contributed by atoms with E-state index < -0.39 is 10.0 Å². The molecular weight excluding hydrogens is 440 g/mol. The molecule has 2 aromatic rings. The van der Waals surface area contributed by atoms with Gasteiger partial charge >= 0.3 is 0 Å². The Morgan fingerprint density at radius 2 is 2.00 bits per heavy atom. The van der Waals surface area contributed by atoms with E-state index in [1.54, 1.807) is 31.2 Å². The van der Waals surface area contributed by atoms with E-state index in [0.717, 1.165) is 16.6 Å². The number of nitrogens with one attached hydrogen (secondary N) is 1. The molecule has 0 saturated carbocycles. The Kier molecular flexibility index (Phi) is 6.01. The number of thiophene rings is 1. The average molecular weight is 459 g/mol. The Labute approximate surface area is 165 Å². The molecule has 6 nitrogen and oxygen atoms in total. The van der Waals surface area contributed by atoms with Gasteiger partial charge in [0.05, 0.1) is 15.3 Å². The Bertz CT molecular complexity index is 905. The Morgan fingerprint density at radius 3 is 2.62 bits per heavy atom. The second-order valence-electron chi connectivity index (χ2n) is 5.76. The summed E-state index contributed by atoms with van der Waals surface area (Å²) in [5, 5.41) is 2.76. The first-order valence-electron chi connectivity index (χ1n) is 8.25. The number of sulfonamides is 1. The van der Waals surface area contributed by atoms with Crippen LogP contribution in [0, 0.1) is 0 Å². The van der Waals surface area contributed by atoms with E-state index >= 15 is 0 Å². The van der Waals surface area contributed by atoms with E-state index in [-0.39, 0.29) is 10.8 Å². The molecule has 2 heterocycles. The van der Waals surface area contributed by atoms with Gasteiger partial charge in [-0.1, -0.05) is 0 Å². The molecule has 1 aromatic carbocycles. The van der Waals surface area contributed by atoms with Crippen molar-refractivity contribution in [1.29, 1.82) is 0 Å². The number of carbonyl (C=O) groups is 1. The van der Waals surface area contributed by atoms with Crippen molar-refractivity contribution in [1.82, 2.24) is 4.31 Å². The minimum atomic E-state index is -3.66. The smallest absolute Gasteiger partial charge is 0.265 e. The Hall–Kier alpha value is -1.42. The lowest BCUT2D eigenvalue weighted by Gasteiger charge is -2.19. The van der Waals surface area contributed by atoms with E-state index in [0.29, 0.717) is 36.0 Å². The second kappa shape index (κ2) is 8.08. The number of carbonyl (C=O) groups excluding carboxylic acids is 1. The molecule has 0 atom stereocenters. The molecule has 9 heteroatoms. The van der Waals surface area contributed by atoms with Crippen LogP contribution in [0.5, 0.6) is 5.75 Å². The van der Waals surface area contributed by atoms with Crippen molar-refractivity contribution in [3.05, 3.63) is 39.0 Å². The van der Waals surface area contributed by atoms with Crippen LogP contribution in [0.3, 0.4) is 0 Å². The minimum absolute atomic E-state index is 0.0893. The summed E-state index contributed by atoms with van der Waals surface area (Å²) in [6.07, 6.45) is 1.71. The standard InChI is InChI=1S/C17H19BrN2O4S2/c1-2-24-13-6-5-12(19-17(21)14-7-8-16(18)25-14)11-15(13)26(22,23)20-9-3-4-10-20/h5-8,11H,2-4,9-10H2,1H3,(H,19,21). The zero-order valence-electron chi connectivity index (χ0n) is 14.2. The fourth-order valence-electron chi connectivity index (χ4n) is 2.76. The van der Waals surface area contributed by atoms with Gasteiger partial charge in [0, 0.05) is 18.8 Å². The quantitative estimate of drug-likeness (QED) is 0.710. The molecule has 1 amide bonds. The number of ether oxygens (including phenoxy) is 1. The van der Waals surface area contributed by atoms with Crippen LogP contribution >= 0.6 is 27.3 Å². The second-order valence-corrected chi connectivity index (χ2v) is 10.1. The molecule has 140 valence electrons. The number of rotatable bonds is 6. The molecule has 0 spiro atoms. The largest absolute Gasteiger partial charge is 0.492 e. The molecule has 0 bridgehead atoms. The third kappa shape index (κ3) is 4.11. The number of halogens is 1. The lowest BCUT2D eigenvalue weighted by Crippen LogP contribution is -2.28. The van der Waals surface area contributed by atoms with Crippen LogP contribution in [0.25, 0.3) is 0 Å². The maximum atomic E-state index is 13.0. The van der Waals surface area contributed by atoms with Crippen LogP contribution in [0.15, 0.2) is 39.0 Å². The fraction of sp³-hybridized carbons (Fsp3) is 0.353. The molecule has 1 aliphatic heterocycles. The van der Waals surface area contributed by atoms with E-state index in [4.69, 9.17) is 4.74 Å². The summed E-state index contributed by atoms with van der Waals surface area (Å²) in [5.41, 5.74) is 0.417. The van der Waals surface area contributed by atoms with Crippen LogP contribution in [0.1, 0.15) is 29.4 Å². The summed E-state index contributed by atoms with van der Waals surface area (Å²) in [7, 11) is -3.66. The van der Waals surface area contributed by atoms with Crippen molar-refractivity contribution in [3.8, 4) is 5.75 Å². The summed E-state index contributed by atoms with van der Waals surface area (Å²) in [4.78, 5) is 13.0. The van der Waals surface area contributed by atoms with E-state index in [2.05, 4.69) is 21.2 Å². The lowest BCUT2D eigenvalue weighted by atomic mass is 10.3. The molecule has 0 radical (unpaired) electrons. The van der Waals surface area contributed by atoms with E-state index in [1.807, 2.05) is 0 Å². The van der Waals surface area contributed by atoms with Gasteiger partial charge in [0.15, 0.2) is 0 Å². The average Bonchev–Trinajstić information content (AvgIpc) is 3.28. The summed E-state index contributed by atoms with van der Waals surface area (Å²) in [5.74, 6) is 0.0191. The molecule has 0 unspecified atom stereocenters. The number of anilines is 1. The van der Waals surface area contributed by atoms with Gasteiger partial charge in [-0.25, -0.2) is 8.42 Å². The van der Waals surface area contributed by atoms with Crippen LogP contribution in [0.4, 0.5) is 5.69 Å². The first-order chi connectivity index (χ1) is 12.4. The minimum Gasteiger partial charge on any atom is -0.492 e. The van der Waals surface area contributed by atoms with E-state index in [9.17, 15) is 13.2 Å². The molecule has 1 aliphatic rings.